The molecule has 1 amide bonds. The van der Waals surface area contributed by atoms with Crippen LogP contribution in [-0.4, -0.2) is 27.2 Å². The van der Waals surface area contributed by atoms with Gasteiger partial charge in [0, 0.05) is 0 Å². The number of rotatable bonds is 3. The Morgan fingerprint density at radius 2 is 2.12 bits per heavy atom. The fourth-order valence-electron chi connectivity index (χ4n) is 1.71. The molecule has 6 nitrogen and oxygen atoms in total. The minimum Gasteiger partial charge on any atom is -0.481 e. The van der Waals surface area contributed by atoms with Crippen molar-refractivity contribution < 1.29 is 14.7 Å². The van der Waals surface area contributed by atoms with Gasteiger partial charge in [-0.25, -0.2) is 0 Å². The van der Waals surface area contributed by atoms with Gasteiger partial charge in [-0.05, 0) is 20.3 Å². The summed E-state index contributed by atoms with van der Waals surface area (Å²) in [6, 6.07) is 0. The van der Waals surface area contributed by atoms with Gasteiger partial charge in [0.15, 0.2) is 0 Å². The number of nitrogens with zero attached hydrogens (tertiary/aromatic N) is 1. The van der Waals surface area contributed by atoms with Crippen molar-refractivity contribution in [2.45, 2.75) is 20.3 Å². The second-order valence-electron chi connectivity index (χ2n) is 4.09. The van der Waals surface area contributed by atoms with E-state index in [0.29, 0.717) is 17.8 Å². The number of carboxylic acid groups (broad SMARTS) is 1. The summed E-state index contributed by atoms with van der Waals surface area (Å²) in [5.41, 5.74) is 2.14. The lowest BCUT2D eigenvalue weighted by Crippen LogP contribution is -2.17. The Balaban J connectivity index is 2.02. The number of anilines is 1. The molecule has 86 valence electrons. The average molecular weight is 223 g/mol. The molecule has 1 aliphatic rings. The zero-order valence-electron chi connectivity index (χ0n) is 9.07. The highest BCUT2D eigenvalue weighted by Gasteiger charge is 2.48. The molecule has 1 aliphatic carbocycles. The number of H-pyrrole nitrogens is 1. The van der Waals surface area contributed by atoms with E-state index in [9.17, 15) is 9.59 Å². The molecule has 3 N–H and O–H groups in total. The molecular formula is C10H13N3O3. The summed E-state index contributed by atoms with van der Waals surface area (Å²) >= 11 is 0. The lowest BCUT2D eigenvalue weighted by Gasteiger charge is -2.03. The summed E-state index contributed by atoms with van der Waals surface area (Å²) in [5, 5.41) is 18.1. The van der Waals surface area contributed by atoms with Gasteiger partial charge in [0.25, 0.3) is 0 Å². The fraction of sp³-hybridized carbons (Fsp3) is 0.500. The van der Waals surface area contributed by atoms with Gasteiger partial charge in [-0.15, -0.1) is 0 Å². The van der Waals surface area contributed by atoms with Crippen LogP contribution in [0.3, 0.4) is 0 Å². The summed E-state index contributed by atoms with van der Waals surface area (Å²) < 4.78 is 0. The molecule has 6 heteroatoms. The lowest BCUT2D eigenvalue weighted by molar-refractivity contribution is -0.139. The minimum atomic E-state index is -0.902. The number of hydrogen-bond donors (Lipinski definition) is 3. The second-order valence-corrected chi connectivity index (χ2v) is 4.09. The van der Waals surface area contributed by atoms with E-state index < -0.39 is 17.8 Å². The number of amides is 1. The molecule has 0 saturated heterocycles. The molecule has 0 radical (unpaired) electrons. The van der Waals surface area contributed by atoms with Crippen LogP contribution in [0.5, 0.6) is 0 Å². The molecule has 1 fully saturated rings. The van der Waals surface area contributed by atoms with Gasteiger partial charge in [0.1, 0.15) is 0 Å². The molecule has 2 atom stereocenters. The number of aliphatic carboxylic acids is 1. The predicted molar refractivity (Wildman–Crippen MR) is 55.9 cm³/mol. The fourth-order valence-corrected chi connectivity index (χ4v) is 1.71. The molecule has 1 aromatic rings. The molecule has 0 bridgehead atoms. The first kappa shape index (κ1) is 10.7. The smallest absolute Gasteiger partial charge is 0.307 e. The summed E-state index contributed by atoms with van der Waals surface area (Å²) in [6.07, 6.45) is 0.428. The number of hydrogen-bond acceptors (Lipinski definition) is 3. The Morgan fingerprint density at radius 3 is 2.56 bits per heavy atom. The van der Waals surface area contributed by atoms with E-state index >= 15 is 0 Å². The molecule has 0 aliphatic heterocycles. The first-order valence-electron chi connectivity index (χ1n) is 5.06. The summed E-state index contributed by atoms with van der Waals surface area (Å²) in [4.78, 5) is 22.3. The monoisotopic (exact) mass is 223 g/mol. The summed E-state index contributed by atoms with van der Waals surface area (Å²) in [7, 11) is 0. The molecule has 1 aromatic heterocycles. The Kier molecular flexibility index (Phi) is 2.41. The van der Waals surface area contributed by atoms with Crippen molar-refractivity contribution in [2.75, 3.05) is 5.32 Å². The van der Waals surface area contributed by atoms with Crippen LogP contribution in [0.2, 0.25) is 0 Å². The molecule has 0 spiro atoms. The van der Waals surface area contributed by atoms with E-state index in [1.807, 2.05) is 0 Å². The molecule has 16 heavy (non-hydrogen) atoms. The highest BCUT2D eigenvalue weighted by Crippen LogP contribution is 2.39. The maximum absolute atomic E-state index is 11.7. The van der Waals surface area contributed by atoms with Gasteiger partial charge in [-0.2, -0.15) is 5.10 Å². The van der Waals surface area contributed by atoms with Crippen LogP contribution < -0.4 is 5.32 Å². The number of aryl methyl sites for hydroxylation is 2. The van der Waals surface area contributed by atoms with E-state index in [1.165, 1.54) is 0 Å². The minimum absolute atomic E-state index is 0.236. The largest absolute Gasteiger partial charge is 0.481 e. The molecular weight excluding hydrogens is 210 g/mol. The highest BCUT2D eigenvalue weighted by atomic mass is 16.4. The first-order chi connectivity index (χ1) is 7.50. The highest BCUT2D eigenvalue weighted by molar-refractivity contribution is 5.98. The van der Waals surface area contributed by atoms with E-state index in [1.54, 1.807) is 13.8 Å². The number of aromatic nitrogens is 2. The number of carboxylic acids is 1. The van der Waals surface area contributed by atoms with E-state index in [2.05, 4.69) is 15.5 Å². The zero-order valence-corrected chi connectivity index (χ0v) is 9.07. The van der Waals surface area contributed by atoms with Crippen LogP contribution >= 0.6 is 0 Å². The Bertz CT molecular complexity index is 433. The molecule has 1 heterocycles. The van der Waals surface area contributed by atoms with Crippen LogP contribution in [-0.2, 0) is 9.59 Å². The van der Waals surface area contributed by atoms with Gasteiger partial charge in [0.05, 0.1) is 28.9 Å². The van der Waals surface area contributed by atoms with Crippen molar-refractivity contribution in [3.05, 3.63) is 11.4 Å². The van der Waals surface area contributed by atoms with Crippen molar-refractivity contribution in [3.8, 4) is 0 Å². The second kappa shape index (κ2) is 3.62. The zero-order chi connectivity index (χ0) is 11.9. The summed E-state index contributed by atoms with van der Waals surface area (Å²) in [6.45, 7) is 3.58. The quantitative estimate of drug-likeness (QED) is 0.702. The standard InChI is InChI=1S/C10H13N3O3/c1-4-8(5(2)13-12-4)11-9(14)6-3-7(6)10(15)16/h6-7H,3H2,1-2H3,(H,11,14)(H,12,13)(H,15,16)/t6-,7+/m1/s1. The van der Waals surface area contributed by atoms with Crippen molar-refractivity contribution in [1.29, 1.82) is 0 Å². The van der Waals surface area contributed by atoms with Crippen molar-refractivity contribution >= 4 is 17.6 Å². The van der Waals surface area contributed by atoms with Crippen LogP contribution in [0.15, 0.2) is 0 Å². The average Bonchev–Trinajstić information content (AvgIpc) is 2.96. The first-order valence-corrected chi connectivity index (χ1v) is 5.06. The summed E-state index contributed by atoms with van der Waals surface area (Å²) in [5.74, 6) is -2.06. The predicted octanol–water partition coefficient (Wildman–Crippen LogP) is 0.686. The SMILES string of the molecule is Cc1n[nH]c(C)c1NC(=O)[C@@H]1C[C@@H]1C(=O)O. The number of carbonyl (C=O) groups is 2. The number of carbonyl (C=O) groups excluding carboxylic acids is 1. The Hall–Kier alpha value is -1.85. The van der Waals surface area contributed by atoms with Crippen LogP contribution in [0.25, 0.3) is 0 Å². The van der Waals surface area contributed by atoms with Crippen molar-refractivity contribution in [2.24, 2.45) is 11.8 Å². The molecule has 0 aromatic carbocycles. The van der Waals surface area contributed by atoms with E-state index in [0.717, 1.165) is 5.69 Å². The van der Waals surface area contributed by atoms with Gasteiger partial charge < -0.3 is 10.4 Å². The maximum atomic E-state index is 11.7. The van der Waals surface area contributed by atoms with Crippen LogP contribution in [0.1, 0.15) is 17.8 Å². The third kappa shape index (κ3) is 1.78. The Morgan fingerprint density at radius 1 is 1.44 bits per heavy atom. The van der Waals surface area contributed by atoms with Gasteiger partial charge in [0.2, 0.25) is 5.91 Å². The van der Waals surface area contributed by atoms with Gasteiger partial charge >= 0.3 is 5.97 Å². The van der Waals surface area contributed by atoms with Crippen LogP contribution in [0.4, 0.5) is 5.69 Å². The topological polar surface area (TPSA) is 95.1 Å². The van der Waals surface area contributed by atoms with E-state index in [-0.39, 0.29) is 5.91 Å². The van der Waals surface area contributed by atoms with Gasteiger partial charge in [-0.3, -0.25) is 14.7 Å². The third-order valence-electron chi connectivity index (χ3n) is 2.82. The maximum Gasteiger partial charge on any atom is 0.307 e. The Labute approximate surface area is 92.0 Å². The lowest BCUT2D eigenvalue weighted by atomic mass is 10.2. The van der Waals surface area contributed by atoms with Gasteiger partial charge in [-0.1, -0.05) is 0 Å². The van der Waals surface area contributed by atoms with Crippen molar-refractivity contribution in [3.63, 3.8) is 0 Å². The normalized spacial score (nSPS) is 22.9. The van der Waals surface area contributed by atoms with Crippen molar-refractivity contribution in [1.82, 2.24) is 10.2 Å². The van der Waals surface area contributed by atoms with E-state index in [4.69, 9.17) is 5.11 Å². The van der Waals surface area contributed by atoms with Crippen LogP contribution in [0, 0.1) is 25.7 Å². The third-order valence-corrected chi connectivity index (χ3v) is 2.82. The molecule has 2 rings (SSSR count). The molecule has 1 saturated carbocycles. The number of nitrogens with one attached hydrogen (secondary N) is 2. The number of aromatic amines is 1. The molecule has 0 unspecified atom stereocenters.